The van der Waals surface area contributed by atoms with Crippen LogP contribution in [0.4, 0.5) is 0 Å². The lowest BCUT2D eigenvalue weighted by molar-refractivity contribution is -0.295. The van der Waals surface area contributed by atoms with Crippen LogP contribution in [0.25, 0.3) is 0 Å². The van der Waals surface area contributed by atoms with Gasteiger partial charge in [0.05, 0.1) is 0 Å². The maximum absolute atomic E-state index is 4.42. The number of rotatable bonds is 0. The Morgan fingerprint density at radius 2 is 2.44 bits per heavy atom. The first kappa shape index (κ1) is 6.18. The number of hydrogen-bond donors (Lipinski definition) is 1. The topological polar surface area (TPSA) is 42.9 Å². The number of nitrogens with zero attached hydrogens (tertiary/aromatic N) is 1. The molecule has 0 atom stereocenters. The second-order valence-electron chi connectivity index (χ2n) is 1.20. The summed E-state index contributed by atoms with van der Waals surface area (Å²) in [4.78, 5) is 8.74. The summed E-state index contributed by atoms with van der Waals surface area (Å²) in [5, 5.41) is 0. The van der Waals surface area contributed by atoms with Crippen molar-refractivity contribution in [3.63, 3.8) is 0 Å². The molecule has 5 heteroatoms. The largest absolute Gasteiger partial charge is 0.321 e. The summed E-state index contributed by atoms with van der Waals surface area (Å²) < 4.78 is 3.69. The zero-order valence-electron chi connectivity index (χ0n) is 4.57. The molecule has 0 aromatic carbocycles. The molecule has 0 saturated carbocycles. The first-order valence-electron chi connectivity index (χ1n) is 2.34. The molecule has 1 aliphatic heterocycles. The van der Waals surface area contributed by atoms with E-state index in [1.165, 1.54) is 6.26 Å². The van der Waals surface area contributed by atoms with Crippen LogP contribution in [0, 0.1) is 0 Å². The Kier molecular flexibility index (Phi) is 2.74. The van der Waals surface area contributed by atoms with Gasteiger partial charge in [0.2, 0.25) is 9.31 Å². The summed E-state index contributed by atoms with van der Waals surface area (Å²) in [6.07, 6.45) is 4.96. The van der Waals surface area contributed by atoms with Crippen LogP contribution in [-0.4, -0.2) is 9.31 Å². The van der Waals surface area contributed by atoms with Crippen molar-refractivity contribution >= 4 is 9.31 Å². The van der Waals surface area contributed by atoms with Crippen LogP contribution < -0.4 is 5.59 Å². The van der Waals surface area contributed by atoms with Crippen LogP contribution in [0.5, 0.6) is 0 Å². The van der Waals surface area contributed by atoms with E-state index in [0.717, 1.165) is 0 Å². The Balaban J connectivity index is 2.45. The van der Waals surface area contributed by atoms with Crippen molar-refractivity contribution in [1.29, 1.82) is 0 Å². The second kappa shape index (κ2) is 3.99. The van der Waals surface area contributed by atoms with Crippen molar-refractivity contribution < 1.29 is 9.88 Å². The summed E-state index contributed by atoms with van der Waals surface area (Å²) in [5.41, 5.74) is 4.13. The van der Waals surface area contributed by atoms with Gasteiger partial charge >= 0.3 is 0 Å². The molecular formula is C4H5N2O2Si. The number of allylic oxidation sites excluding steroid dienone is 2. The van der Waals surface area contributed by atoms with E-state index in [1.54, 1.807) is 6.08 Å². The van der Waals surface area contributed by atoms with Gasteiger partial charge in [-0.15, -0.1) is 0 Å². The Hall–Kier alpha value is -0.943. The summed E-state index contributed by atoms with van der Waals surface area (Å²) in [7, 11) is 0.363. The third-order valence-corrected chi connectivity index (χ3v) is 1.17. The lowest BCUT2D eigenvalue weighted by Crippen LogP contribution is -2.04. The summed E-state index contributed by atoms with van der Waals surface area (Å²) >= 11 is 0. The molecule has 1 N–H and O–H groups in total. The Bertz CT molecular complexity index is 139. The summed E-state index contributed by atoms with van der Waals surface area (Å²) in [6.45, 7) is 0. The van der Waals surface area contributed by atoms with E-state index in [9.17, 15) is 0 Å². The first-order chi connectivity index (χ1) is 4.50. The molecule has 0 aromatic heterocycles. The van der Waals surface area contributed by atoms with Crippen molar-refractivity contribution in [2.24, 2.45) is 4.74 Å². The molecule has 0 fully saturated rings. The quantitative estimate of drug-likeness (QED) is 0.389. The van der Waals surface area contributed by atoms with Gasteiger partial charge < -0.3 is 4.89 Å². The van der Waals surface area contributed by atoms with Crippen molar-refractivity contribution in [3.05, 3.63) is 24.1 Å². The normalized spacial score (nSPS) is 24.0. The molecule has 0 unspecified atom stereocenters. The molecule has 47 valence electrons. The molecule has 1 heterocycles. The van der Waals surface area contributed by atoms with Crippen molar-refractivity contribution in [3.8, 4) is 0 Å². The van der Waals surface area contributed by atoms with Gasteiger partial charge in [-0.05, 0) is 11.1 Å². The van der Waals surface area contributed by atoms with Crippen LogP contribution in [0.2, 0.25) is 0 Å². The smallest absolute Gasteiger partial charge is 0.218 e. The fourth-order valence-electron chi connectivity index (χ4n) is 0.308. The predicted molar refractivity (Wildman–Crippen MR) is 31.8 cm³/mol. The average Bonchev–Trinajstić information content (AvgIpc) is 2.00. The first-order valence-corrected chi connectivity index (χ1v) is 3.37. The molecule has 1 aliphatic rings. The van der Waals surface area contributed by atoms with E-state index in [4.69, 9.17) is 0 Å². The highest BCUT2D eigenvalue weighted by molar-refractivity contribution is 6.28. The Labute approximate surface area is 54.6 Å². The second-order valence-corrected chi connectivity index (χ2v) is 2.01. The minimum Gasteiger partial charge on any atom is -0.321 e. The molecule has 4 nitrogen and oxygen atoms in total. The molecule has 0 spiro atoms. The van der Waals surface area contributed by atoms with Gasteiger partial charge in [0.15, 0.2) is 0 Å². The zero-order valence-corrected chi connectivity index (χ0v) is 5.57. The number of nitrogens with one attached hydrogen (secondary N) is 1. The zero-order chi connectivity index (χ0) is 6.36. The van der Waals surface area contributed by atoms with Gasteiger partial charge in [-0.25, -0.2) is 4.74 Å². The summed E-state index contributed by atoms with van der Waals surface area (Å²) in [5.74, 6) is 0. The van der Waals surface area contributed by atoms with E-state index in [-0.39, 0.29) is 0 Å². The highest BCUT2D eigenvalue weighted by Gasteiger charge is 1.77. The monoisotopic (exact) mass is 141 g/mol. The van der Waals surface area contributed by atoms with Crippen LogP contribution >= 0.6 is 0 Å². The molecule has 1 rings (SSSR count). The van der Waals surface area contributed by atoms with Crippen LogP contribution in [0.3, 0.4) is 0 Å². The molecule has 9 heavy (non-hydrogen) atoms. The maximum Gasteiger partial charge on any atom is 0.218 e. The van der Waals surface area contributed by atoms with E-state index < -0.39 is 0 Å². The van der Waals surface area contributed by atoms with Crippen molar-refractivity contribution in [2.75, 3.05) is 0 Å². The SMILES string of the molecule is C1=C\OONN=[Si]\C=C/1. The molecule has 0 amide bonds. The number of hydrogen-bond acceptors (Lipinski definition) is 4. The van der Waals surface area contributed by atoms with E-state index in [1.807, 2.05) is 11.8 Å². The molecule has 0 aliphatic carbocycles. The van der Waals surface area contributed by atoms with Crippen molar-refractivity contribution in [1.82, 2.24) is 5.59 Å². The standard InChI is InChI=1S/C4H5N2O2Si/c1-2-4-9-6-5-8-7-3-1/h1-5H/b3-1-,4-2-,9-6?. The Morgan fingerprint density at radius 3 is 3.44 bits per heavy atom. The summed E-state index contributed by atoms with van der Waals surface area (Å²) in [6, 6.07) is 0. The van der Waals surface area contributed by atoms with E-state index >= 15 is 0 Å². The lowest BCUT2D eigenvalue weighted by Gasteiger charge is -1.93. The average molecular weight is 141 g/mol. The maximum atomic E-state index is 4.42. The van der Waals surface area contributed by atoms with Crippen LogP contribution in [0.1, 0.15) is 0 Å². The molecule has 0 saturated heterocycles. The molecule has 1 radical (unpaired) electrons. The van der Waals surface area contributed by atoms with E-state index in [0.29, 0.717) is 9.31 Å². The molecule has 0 aromatic rings. The van der Waals surface area contributed by atoms with Gasteiger partial charge in [-0.2, -0.15) is 5.59 Å². The molecular weight excluding hydrogens is 136 g/mol. The molecule has 0 bridgehead atoms. The van der Waals surface area contributed by atoms with Gasteiger partial charge in [0.1, 0.15) is 6.26 Å². The third kappa shape index (κ3) is 2.78. The highest BCUT2D eigenvalue weighted by Crippen LogP contribution is 1.81. The van der Waals surface area contributed by atoms with Crippen LogP contribution in [0.15, 0.2) is 28.9 Å². The Morgan fingerprint density at radius 1 is 1.44 bits per heavy atom. The van der Waals surface area contributed by atoms with Gasteiger partial charge in [0.25, 0.3) is 0 Å². The van der Waals surface area contributed by atoms with Gasteiger partial charge in [-0.1, -0.05) is 11.8 Å². The third-order valence-electron chi connectivity index (χ3n) is 0.612. The fourth-order valence-corrected chi connectivity index (χ4v) is 0.669. The fraction of sp³-hybridized carbons (Fsp3) is 0. The minimum absolute atomic E-state index is 0.363. The lowest BCUT2D eigenvalue weighted by atomic mass is 10.6. The van der Waals surface area contributed by atoms with Gasteiger partial charge in [-0.3, -0.25) is 0 Å². The van der Waals surface area contributed by atoms with Crippen LogP contribution in [-0.2, 0) is 9.88 Å². The minimum atomic E-state index is 0.363. The van der Waals surface area contributed by atoms with Crippen molar-refractivity contribution in [2.45, 2.75) is 0 Å². The van der Waals surface area contributed by atoms with E-state index in [2.05, 4.69) is 20.2 Å². The predicted octanol–water partition coefficient (Wildman–Crippen LogP) is 0.283. The highest BCUT2D eigenvalue weighted by atomic mass is 28.2. The van der Waals surface area contributed by atoms with Gasteiger partial charge in [0, 0.05) is 0 Å².